The molecule has 11 heavy (non-hydrogen) atoms. The molecule has 0 radical (unpaired) electrons. The molecule has 0 saturated carbocycles. The monoisotopic (exact) mass is 272 g/mol. The van der Waals surface area contributed by atoms with Crippen LogP contribution in [0.3, 0.4) is 0 Å². The zero-order chi connectivity index (χ0) is 7.40. The van der Waals surface area contributed by atoms with E-state index in [0.29, 0.717) is 5.75 Å². The number of hydrogen-bond acceptors (Lipinski definition) is 3. The molecule has 3 nitrogen and oxygen atoms in total. The molecule has 0 atom stereocenters. The Hall–Kier alpha value is 1.06. The first-order valence-corrected chi connectivity index (χ1v) is 2.87. The maximum absolute atomic E-state index is 8.34. The van der Waals surface area contributed by atoms with Gasteiger partial charge in [0, 0.05) is 0 Å². The van der Waals surface area contributed by atoms with Crippen molar-refractivity contribution in [2.45, 2.75) is 0 Å². The first-order chi connectivity index (χ1) is 4.79. The Morgan fingerprint density at radius 3 is 2.18 bits per heavy atom. The van der Waals surface area contributed by atoms with Crippen molar-refractivity contribution in [2.75, 3.05) is 0 Å². The van der Waals surface area contributed by atoms with Gasteiger partial charge in [-0.05, 0) is 12.1 Å². The molecule has 0 spiro atoms. The van der Waals surface area contributed by atoms with Crippen molar-refractivity contribution in [3.05, 3.63) is 30.3 Å². The van der Waals surface area contributed by atoms with Crippen molar-refractivity contribution < 1.29 is 85.0 Å². The predicted molar refractivity (Wildman–Crippen MR) is 38.4 cm³/mol. The van der Waals surface area contributed by atoms with Crippen LogP contribution in [0.25, 0.3) is 0 Å². The summed E-state index contributed by atoms with van der Waals surface area (Å²) in [4.78, 5) is 0. The molecule has 0 aliphatic heterocycles. The van der Waals surface area contributed by atoms with E-state index in [1.807, 2.05) is 6.07 Å². The van der Waals surface area contributed by atoms with Crippen LogP contribution in [-0.4, -0.2) is 17.4 Å². The average Bonchev–Trinajstić information content (AvgIpc) is 1.88. The van der Waals surface area contributed by atoms with Crippen molar-refractivity contribution in [3.63, 3.8) is 0 Å². The molecule has 5 heteroatoms. The van der Waals surface area contributed by atoms with Gasteiger partial charge in [-0.15, -0.1) is 0 Å². The van der Waals surface area contributed by atoms with Crippen LogP contribution in [0.2, 0.25) is 0 Å². The molecule has 2 N–H and O–H groups in total. The van der Waals surface area contributed by atoms with E-state index in [1.165, 1.54) is 0 Å². The summed E-state index contributed by atoms with van der Waals surface area (Å²) in [5.41, 5.74) is 0. The molecule has 1 aromatic carbocycles. The Morgan fingerprint density at radius 1 is 1.18 bits per heavy atom. The van der Waals surface area contributed by atoms with Gasteiger partial charge >= 0.3 is 76.2 Å². The van der Waals surface area contributed by atoms with Gasteiger partial charge in [0.2, 0.25) is 0 Å². The van der Waals surface area contributed by atoms with Crippen LogP contribution in [0.1, 0.15) is 1.43 Å². The molecule has 0 aromatic heterocycles. The molecule has 1 rings (SSSR count). The minimum Gasteiger partial charge on any atom is -1.00 e. The molecule has 0 fully saturated rings. The van der Waals surface area contributed by atoms with Gasteiger partial charge in [0.05, 0.1) is 0 Å². The minimum absolute atomic E-state index is 0. The van der Waals surface area contributed by atoms with E-state index in [2.05, 4.69) is 4.65 Å². The fraction of sp³-hybridized carbons (Fsp3) is 0. The molecule has 1 aromatic rings. The molecule has 54 valence electrons. The Morgan fingerprint density at radius 2 is 1.73 bits per heavy atom. The zero-order valence-corrected chi connectivity index (χ0v) is 12.5. The predicted octanol–water partition coefficient (Wildman–Crippen LogP) is -2.85. The second kappa shape index (κ2) is 6.56. The fourth-order valence-corrected chi connectivity index (χ4v) is 0.621. The van der Waals surface area contributed by atoms with Gasteiger partial charge in [-0.2, -0.15) is 0 Å². The Bertz CT molecular complexity index is 197. The topological polar surface area (TPSA) is 49.7 Å². The van der Waals surface area contributed by atoms with Gasteiger partial charge in [-0.1, -0.05) is 18.2 Å². The summed E-state index contributed by atoms with van der Waals surface area (Å²) in [7, 11) is -1.73. The molecule has 0 amide bonds. The quantitative estimate of drug-likeness (QED) is 0.570. The van der Waals surface area contributed by atoms with Crippen molar-refractivity contribution in [2.24, 2.45) is 0 Å². The fourth-order valence-electron chi connectivity index (χ4n) is 0.621. The van der Waals surface area contributed by atoms with E-state index in [-0.39, 0.29) is 70.3 Å². The molecule has 0 saturated heterocycles. The Balaban J connectivity index is 0. The van der Waals surface area contributed by atoms with Gasteiger partial charge in [-0.3, -0.25) is 0 Å². The van der Waals surface area contributed by atoms with Crippen LogP contribution in [-0.2, 0) is 0 Å². The minimum atomic E-state index is -1.73. The molecular weight excluding hydrogens is 264 g/mol. The maximum Gasteiger partial charge on any atom is 1.00 e. The van der Waals surface area contributed by atoms with Gasteiger partial charge in [0.1, 0.15) is 5.75 Å². The average molecular weight is 272 g/mol. The van der Waals surface area contributed by atoms with Crippen molar-refractivity contribution in [1.29, 1.82) is 0 Å². The Kier molecular flexibility index (Phi) is 7.19. The third-order valence-corrected chi connectivity index (χ3v) is 0.985. The molecular formula is C6H8BCsO3. The second-order valence-corrected chi connectivity index (χ2v) is 1.76. The zero-order valence-electron chi connectivity index (χ0n) is 7.27. The number of hydrogen-bond donors (Lipinski definition) is 2. The summed E-state index contributed by atoms with van der Waals surface area (Å²) in [5.74, 6) is 0.442. The summed E-state index contributed by atoms with van der Waals surface area (Å²) in [6, 6.07) is 8.59. The third-order valence-electron chi connectivity index (χ3n) is 0.985. The van der Waals surface area contributed by atoms with Gasteiger partial charge in [-0.25, -0.2) is 0 Å². The molecule has 0 aliphatic carbocycles. The molecule has 0 unspecified atom stereocenters. The van der Waals surface area contributed by atoms with Crippen LogP contribution in [0.15, 0.2) is 30.3 Å². The number of benzene rings is 1. The summed E-state index contributed by atoms with van der Waals surface area (Å²) >= 11 is 0. The van der Waals surface area contributed by atoms with E-state index in [4.69, 9.17) is 10.0 Å². The number of para-hydroxylation sites is 1. The Labute approximate surface area is 126 Å². The summed E-state index contributed by atoms with van der Waals surface area (Å²) in [6.45, 7) is 0. The van der Waals surface area contributed by atoms with E-state index in [0.717, 1.165) is 0 Å². The van der Waals surface area contributed by atoms with Gasteiger partial charge < -0.3 is 16.1 Å². The first kappa shape index (κ1) is 12.1. The SMILES string of the molecule is OB(O)Oc1ccccc1.[Cs+].[H-]. The van der Waals surface area contributed by atoms with E-state index >= 15 is 0 Å². The van der Waals surface area contributed by atoms with Crippen molar-refractivity contribution >= 4 is 7.32 Å². The normalized spacial score (nSPS) is 8.18. The van der Waals surface area contributed by atoms with Crippen LogP contribution in [0, 0.1) is 0 Å². The largest absolute Gasteiger partial charge is 1.00 e. The summed E-state index contributed by atoms with van der Waals surface area (Å²) in [5, 5.41) is 16.7. The van der Waals surface area contributed by atoms with Crippen LogP contribution >= 0.6 is 0 Å². The number of rotatable bonds is 2. The second-order valence-electron chi connectivity index (χ2n) is 1.76. The smallest absolute Gasteiger partial charge is 1.00 e. The van der Waals surface area contributed by atoms with Crippen LogP contribution in [0.4, 0.5) is 0 Å². The molecule has 0 heterocycles. The first-order valence-electron chi connectivity index (χ1n) is 2.87. The van der Waals surface area contributed by atoms with Gasteiger partial charge in [0.15, 0.2) is 0 Å². The van der Waals surface area contributed by atoms with Crippen molar-refractivity contribution in [1.82, 2.24) is 0 Å². The molecule has 0 aliphatic rings. The van der Waals surface area contributed by atoms with E-state index < -0.39 is 7.32 Å². The van der Waals surface area contributed by atoms with E-state index in [1.54, 1.807) is 24.3 Å². The standard InChI is InChI=1S/C6H7BO3.Cs.H/c8-7(9)10-6-4-2-1-3-5-6;;/h1-5,8-9H;;/q;+1;-1. The van der Waals surface area contributed by atoms with Crippen LogP contribution < -0.4 is 73.5 Å². The summed E-state index contributed by atoms with van der Waals surface area (Å²) in [6.07, 6.45) is 0. The summed E-state index contributed by atoms with van der Waals surface area (Å²) < 4.78 is 4.53. The molecule has 0 bridgehead atoms. The maximum atomic E-state index is 8.34. The third kappa shape index (κ3) is 5.32. The van der Waals surface area contributed by atoms with Gasteiger partial charge in [0.25, 0.3) is 0 Å². The van der Waals surface area contributed by atoms with E-state index in [9.17, 15) is 0 Å². The van der Waals surface area contributed by atoms with Crippen molar-refractivity contribution in [3.8, 4) is 5.75 Å². The van der Waals surface area contributed by atoms with Crippen LogP contribution in [0.5, 0.6) is 5.75 Å².